The molecule has 2 heterocycles. The molecular formula is C14H17N3O2S. The summed E-state index contributed by atoms with van der Waals surface area (Å²) in [5.74, 6) is -0.984. The molecular weight excluding hydrogens is 274 g/mol. The Balaban J connectivity index is 2.25. The number of aromatic carboxylic acids is 1. The van der Waals surface area contributed by atoms with Crippen LogP contribution in [0.25, 0.3) is 12.2 Å². The quantitative estimate of drug-likeness (QED) is 0.937. The molecule has 2 aromatic heterocycles. The number of thiazole rings is 1. The van der Waals surface area contributed by atoms with Crippen LogP contribution >= 0.6 is 11.3 Å². The standard InChI is InChI=1S/C14H17N3O2S/c1-8(2)17-7-11(9(3)16-17)5-6-12-15-13(14(18)19)10(4)20-12/h5-8H,1-4H3,(H,18,19)/b6-5+. The SMILES string of the molecule is Cc1nn(C(C)C)cc1/C=C/c1nc(C(=O)O)c(C)s1. The molecule has 0 saturated carbocycles. The highest BCUT2D eigenvalue weighted by atomic mass is 32.1. The number of aromatic nitrogens is 3. The van der Waals surface area contributed by atoms with Crippen LogP contribution in [0.5, 0.6) is 0 Å². The van der Waals surface area contributed by atoms with Gasteiger partial charge in [0.2, 0.25) is 0 Å². The first kappa shape index (κ1) is 14.5. The number of aryl methyl sites for hydroxylation is 2. The number of rotatable bonds is 4. The molecule has 0 aliphatic heterocycles. The molecule has 0 fully saturated rings. The zero-order valence-corrected chi connectivity index (χ0v) is 12.7. The molecule has 2 rings (SSSR count). The number of nitrogens with zero attached hydrogens (tertiary/aromatic N) is 3. The van der Waals surface area contributed by atoms with Gasteiger partial charge in [0.25, 0.3) is 0 Å². The zero-order chi connectivity index (χ0) is 14.9. The van der Waals surface area contributed by atoms with Gasteiger partial charge in [-0.05, 0) is 39.8 Å². The van der Waals surface area contributed by atoms with Crippen LogP contribution in [0.4, 0.5) is 0 Å². The van der Waals surface area contributed by atoms with Crippen molar-refractivity contribution in [3.05, 3.63) is 33.0 Å². The lowest BCUT2D eigenvalue weighted by atomic mass is 10.2. The molecule has 5 nitrogen and oxygen atoms in total. The first-order valence-corrected chi connectivity index (χ1v) is 7.14. The van der Waals surface area contributed by atoms with Crippen LogP contribution in [0.15, 0.2) is 6.20 Å². The zero-order valence-electron chi connectivity index (χ0n) is 11.9. The first-order chi connectivity index (χ1) is 9.38. The van der Waals surface area contributed by atoms with Gasteiger partial charge in [0, 0.05) is 22.7 Å². The maximum Gasteiger partial charge on any atom is 0.355 e. The Morgan fingerprint density at radius 1 is 1.40 bits per heavy atom. The van der Waals surface area contributed by atoms with Crippen molar-refractivity contribution in [2.45, 2.75) is 33.7 Å². The molecule has 2 aromatic rings. The Morgan fingerprint density at radius 2 is 2.10 bits per heavy atom. The summed E-state index contributed by atoms with van der Waals surface area (Å²) in [5.41, 5.74) is 2.09. The van der Waals surface area contributed by atoms with Crippen LogP contribution in [0.3, 0.4) is 0 Å². The summed E-state index contributed by atoms with van der Waals surface area (Å²) in [6.07, 6.45) is 5.74. The van der Waals surface area contributed by atoms with Crippen LogP contribution < -0.4 is 0 Å². The van der Waals surface area contributed by atoms with Gasteiger partial charge in [0.1, 0.15) is 5.01 Å². The number of hydrogen-bond donors (Lipinski definition) is 1. The number of hydrogen-bond acceptors (Lipinski definition) is 4. The number of carboxylic acids is 1. The fraction of sp³-hybridized carbons (Fsp3) is 0.357. The summed E-state index contributed by atoms with van der Waals surface area (Å²) >= 11 is 1.37. The van der Waals surface area contributed by atoms with E-state index >= 15 is 0 Å². The van der Waals surface area contributed by atoms with Crippen molar-refractivity contribution in [1.29, 1.82) is 0 Å². The van der Waals surface area contributed by atoms with Gasteiger partial charge >= 0.3 is 5.97 Å². The molecule has 0 amide bonds. The van der Waals surface area contributed by atoms with Gasteiger partial charge in [-0.2, -0.15) is 5.10 Å². The van der Waals surface area contributed by atoms with E-state index in [-0.39, 0.29) is 5.69 Å². The summed E-state index contributed by atoms with van der Waals surface area (Å²) in [6, 6.07) is 0.316. The average Bonchev–Trinajstić information content (AvgIpc) is 2.90. The fourth-order valence-electron chi connectivity index (χ4n) is 1.77. The minimum Gasteiger partial charge on any atom is -0.476 e. The van der Waals surface area contributed by atoms with Gasteiger partial charge in [-0.1, -0.05) is 0 Å². The van der Waals surface area contributed by atoms with Gasteiger partial charge < -0.3 is 5.11 Å². The Labute approximate surface area is 121 Å². The van der Waals surface area contributed by atoms with Gasteiger partial charge in [-0.15, -0.1) is 11.3 Å². The highest BCUT2D eigenvalue weighted by Gasteiger charge is 2.12. The molecule has 1 N–H and O–H groups in total. The molecule has 0 atom stereocenters. The summed E-state index contributed by atoms with van der Waals surface area (Å²) in [6.45, 7) is 7.86. The van der Waals surface area contributed by atoms with Gasteiger partial charge in [0.05, 0.1) is 5.69 Å². The summed E-state index contributed by atoms with van der Waals surface area (Å²) < 4.78 is 1.91. The maximum atomic E-state index is 10.9. The van der Waals surface area contributed by atoms with E-state index in [9.17, 15) is 4.79 Å². The molecule has 0 saturated heterocycles. The Hall–Kier alpha value is -1.95. The van der Waals surface area contributed by atoms with Crippen LogP contribution in [-0.4, -0.2) is 25.8 Å². The molecule has 6 heteroatoms. The van der Waals surface area contributed by atoms with Crippen LogP contribution in [0.1, 0.15) is 51.5 Å². The van der Waals surface area contributed by atoms with Crippen LogP contribution in [0, 0.1) is 13.8 Å². The third-order valence-corrected chi connectivity index (χ3v) is 3.84. The minimum absolute atomic E-state index is 0.129. The maximum absolute atomic E-state index is 10.9. The van der Waals surface area contributed by atoms with Crippen molar-refractivity contribution in [2.24, 2.45) is 0 Å². The van der Waals surface area contributed by atoms with E-state index in [1.54, 1.807) is 6.92 Å². The van der Waals surface area contributed by atoms with Crippen LogP contribution in [0.2, 0.25) is 0 Å². The highest BCUT2D eigenvalue weighted by molar-refractivity contribution is 7.12. The van der Waals surface area contributed by atoms with Crippen molar-refractivity contribution in [3.8, 4) is 0 Å². The molecule has 0 aliphatic rings. The third-order valence-electron chi connectivity index (χ3n) is 2.90. The average molecular weight is 291 g/mol. The monoisotopic (exact) mass is 291 g/mol. The van der Waals surface area contributed by atoms with Crippen molar-refractivity contribution < 1.29 is 9.90 Å². The highest BCUT2D eigenvalue weighted by Crippen LogP contribution is 2.20. The first-order valence-electron chi connectivity index (χ1n) is 6.33. The minimum atomic E-state index is -0.984. The summed E-state index contributed by atoms with van der Waals surface area (Å²) in [5, 5.41) is 14.1. The number of carbonyl (C=O) groups is 1. The summed E-state index contributed by atoms with van der Waals surface area (Å²) in [4.78, 5) is 15.8. The second-order valence-corrected chi connectivity index (χ2v) is 6.07. The molecule has 20 heavy (non-hydrogen) atoms. The van der Waals surface area contributed by atoms with Gasteiger partial charge in [-0.3, -0.25) is 4.68 Å². The summed E-state index contributed by atoms with van der Waals surface area (Å²) in [7, 11) is 0. The largest absolute Gasteiger partial charge is 0.476 e. The molecule has 0 radical (unpaired) electrons. The lowest BCUT2D eigenvalue weighted by Crippen LogP contribution is -2.00. The molecule has 0 aliphatic carbocycles. The number of carboxylic acid groups (broad SMARTS) is 1. The normalized spacial score (nSPS) is 11.7. The van der Waals surface area contributed by atoms with Crippen LogP contribution in [-0.2, 0) is 0 Å². The second-order valence-electron chi connectivity index (χ2n) is 4.84. The topological polar surface area (TPSA) is 68.0 Å². The lowest BCUT2D eigenvalue weighted by Gasteiger charge is -2.02. The van der Waals surface area contributed by atoms with Crippen molar-refractivity contribution in [3.63, 3.8) is 0 Å². The molecule has 106 valence electrons. The van der Waals surface area contributed by atoms with Crippen molar-refractivity contribution in [1.82, 2.24) is 14.8 Å². The third kappa shape index (κ3) is 2.96. The molecule has 0 spiro atoms. The van der Waals surface area contributed by atoms with Gasteiger partial charge in [0.15, 0.2) is 5.69 Å². The van der Waals surface area contributed by atoms with E-state index in [1.807, 2.05) is 30.0 Å². The van der Waals surface area contributed by atoms with Gasteiger partial charge in [-0.25, -0.2) is 9.78 Å². The molecule has 0 aromatic carbocycles. The van der Waals surface area contributed by atoms with E-state index in [0.717, 1.165) is 11.3 Å². The van der Waals surface area contributed by atoms with Crippen molar-refractivity contribution in [2.75, 3.05) is 0 Å². The fourth-order valence-corrected chi connectivity index (χ4v) is 2.59. The Kier molecular flexibility index (Phi) is 4.04. The van der Waals surface area contributed by atoms with E-state index < -0.39 is 5.97 Å². The van der Waals surface area contributed by atoms with Crippen molar-refractivity contribution >= 4 is 29.5 Å². The second kappa shape index (κ2) is 5.58. The Morgan fingerprint density at radius 3 is 2.60 bits per heavy atom. The van der Waals surface area contributed by atoms with E-state index in [0.29, 0.717) is 15.9 Å². The van der Waals surface area contributed by atoms with E-state index in [2.05, 4.69) is 23.9 Å². The lowest BCUT2D eigenvalue weighted by molar-refractivity contribution is 0.0690. The van der Waals surface area contributed by atoms with E-state index in [1.165, 1.54) is 11.3 Å². The Bertz CT molecular complexity index is 668. The van der Waals surface area contributed by atoms with E-state index in [4.69, 9.17) is 5.11 Å². The smallest absolute Gasteiger partial charge is 0.355 e. The predicted octanol–water partition coefficient (Wildman–Crippen LogP) is 3.41. The molecule has 0 unspecified atom stereocenters. The predicted molar refractivity (Wildman–Crippen MR) is 80.1 cm³/mol. The molecule has 0 bridgehead atoms.